The molecule has 0 aromatic heterocycles. The third kappa shape index (κ3) is 4.01. The third-order valence-corrected chi connectivity index (χ3v) is 4.12. The minimum Gasteiger partial charge on any atom is -0.445 e. The highest BCUT2D eigenvalue weighted by Crippen LogP contribution is 2.25. The number of carbonyl (C=O) groups is 1. The standard InChI is InChI=1S/C20H21NO2/c1-16-13-21(14-19(16)12-17-8-4-2-5-9-17)20(22)23-15-18-10-6-3-7-11-18/h2-12,16H,13-15H2,1H3/b19-12+. The van der Waals surface area contributed by atoms with E-state index in [0.29, 0.717) is 25.6 Å². The number of amides is 1. The fourth-order valence-electron chi connectivity index (χ4n) is 2.79. The first kappa shape index (κ1) is 15.3. The van der Waals surface area contributed by atoms with Gasteiger partial charge in [0.25, 0.3) is 0 Å². The second-order valence-electron chi connectivity index (χ2n) is 5.95. The summed E-state index contributed by atoms with van der Waals surface area (Å²) in [5, 5.41) is 0. The van der Waals surface area contributed by atoms with Crippen molar-refractivity contribution in [1.29, 1.82) is 0 Å². The lowest BCUT2D eigenvalue weighted by atomic mass is 10.0. The minimum atomic E-state index is -0.239. The van der Waals surface area contributed by atoms with Gasteiger partial charge in [0.2, 0.25) is 0 Å². The number of benzene rings is 2. The van der Waals surface area contributed by atoms with E-state index in [0.717, 1.165) is 5.56 Å². The molecule has 3 heteroatoms. The van der Waals surface area contributed by atoms with Gasteiger partial charge in [0.05, 0.1) is 0 Å². The molecule has 2 aromatic rings. The van der Waals surface area contributed by atoms with Crippen LogP contribution in [0, 0.1) is 5.92 Å². The molecule has 1 atom stereocenters. The van der Waals surface area contributed by atoms with E-state index < -0.39 is 0 Å². The van der Waals surface area contributed by atoms with Crippen molar-refractivity contribution in [2.75, 3.05) is 13.1 Å². The van der Waals surface area contributed by atoms with Crippen LogP contribution in [0.2, 0.25) is 0 Å². The maximum Gasteiger partial charge on any atom is 0.410 e. The van der Waals surface area contributed by atoms with Gasteiger partial charge >= 0.3 is 6.09 Å². The van der Waals surface area contributed by atoms with Crippen LogP contribution in [0.3, 0.4) is 0 Å². The maximum absolute atomic E-state index is 12.2. The normalized spacial score (nSPS) is 19.1. The van der Waals surface area contributed by atoms with E-state index in [4.69, 9.17) is 4.74 Å². The molecule has 118 valence electrons. The van der Waals surface area contributed by atoms with Crippen LogP contribution in [-0.2, 0) is 11.3 Å². The van der Waals surface area contributed by atoms with Crippen molar-refractivity contribution in [3.05, 3.63) is 77.4 Å². The van der Waals surface area contributed by atoms with Crippen molar-refractivity contribution in [3.8, 4) is 0 Å². The Kier molecular flexibility index (Phi) is 4.77. The number of nitrogens with zero attached hydrogens (tertiary/aromatic N) is 1. The van der Waals surface area contributed by atoms with E-state index in [2.05, 4.69) is 25.1 Å². The zero-order chi connectivity index (χ0) is 16.1. The van der Waals surface area contributed by atoms with E-state index in [1.165, 1.54) is 11.1 Å². The van der Waals surface area contributed by atoms with Gasteiger partial charge in [-0.15, -0.1) is 0 Å². The van der Waals surface area contributed by atoms with Gasteiger partial charge in [-0.1, -0.05) is 73.7 Å². The van der Waals surface area contributed by atoms with Crippen molar-refractivity contribution in [2.45, 2.75) is 13.5 Å². The zero-order valence-corrected chi connectivity index (χ0v) is 13.3. The molecule has 1 aliphatic rings. The SMILES string of the molecule is CC1CN(C(=O)OCc2ccccc2)C/C1=C\c1ccccc1. The molecule has 0 N–H and O–H groups in total. The lowest BCUT2D eigenvalue weighted by molar-refractivity contribution is 0.104. The lowest BCUT2D eigenvalue weighted by Gasteiger charge is -2.15. The largest absolute Gasteiger partial charge is 0.445 e. The molecule has 23 heavy (non-hydrogen) atoms. The molecule has 0 aliphatic carbocycles. The number of hydrogen-bond donors (Lipinski definition) is 0. The molecule has 1 unspecified atom stereocenters. The maximum atomic E-state index is 12.2. The third-order valence-electron chi connectivity index (χ3n) is 4.12. The summed E-state index contributed by atoms with van der Waals surface area (Å²) in [6.07, 6.45) is 1.94. The van der Waals surface area contributed by atoms with E-state index >= 15 is 0 Å². The van der Waals surface area contributed by atoms with Crippen molar-refractivity contribution in [1.82, 2.24) is 4.90 Å². The van der Waals surface area contributed by atoms with Crippen LogP contribution in [-0.4, -0.2) is 24.1 Å². The fraction of sp³-hybridized carbons (Fsp3) is 0.250. The Morgan fingerprint density at radius 3 is 2.48 bits per heavy atom. The summed E-state index contributed by atoms with van der Waals surface area (Å²) in [4.78, 5) is 14.0. The second kappa shape index (κ2) is 7.14. The first-order valence-electron chi connectivity index (χ1n) is 7.93. The summed E-state index contributed by atoms with van der Waals surface area (Å²) in [6, 6.07) is 20.0. The fourth-order valence-corrected chi connectivity index (χ4v) is 2.79. The van der Waals surface area contributed by atoms with E-state index in [1.54, 1.807) is 4.90 Å². The molecule has 0 radical (unpaired) electrons. The van der Waals surface area contributed by atoms with Gasteiger partial charge in [0.15, 0.2) is 0 Å². The average molecular weight is 307 g/mol. The van der Waals surface area contributed by atoms with Gasteiger partial charge in [-0.05, 0) is 22.6 Å². The summed E-state index contributed by atoms with van der Waals surface area (Å²) in [7, 11) is 0. The summed E-state index contributed by atoms with van der Waals surface area (Å²) >= 11 is 0. The van der Waals surface area contributed by atoms with Crippen LogP contribution in [0.4, 0.5) is 4.79 Å². The minimum absolute atomic E-state index is 0.239. The summed E-state index contributed by atoms with van der Waals surface area (Å²) in [6.45, 7) is 3.83. The first-order valence-corrected chi connectivity index (χ1v) is 7.93. The van der Waals surface area contributed by atoms with Crippen LogP contribution in [0.1, 0.15) is 18.1 Å². The number of carbonyl (C=O) groups excluding carboxylic acids is 1. The van der Waals surface area contributed by atoms with Crippen LogP contribution < -0.4 is 0 Å². The molecule has 0 bridgehead atoms. The molecule has 1 saturated heterocycles. The number of ether oxygens (including phenoxy) is 1. The Morgan fingerprint density at radius 2 is 1.78 bits per heavy atom. The van der Waals surface area contributed by atoms with Crippen LogP contribution in [0.15, 0.2) is 66.2 Å². The van der Waals surface area contributed by atoms with Gasteiger partial charge in [-0.3, -0.25) is 0 Å². The number of rotatable bonds is 3. The number of likely N-dealkylation sites (tertiary alicyclic amines) is 1. The van der Waals surface area contributed by atoms with Gasteiger partial charge in [0.1, 0.15) is 6.61 Å². The molecule has 1 aliphatic heterocycles. The zero-order valence-electron chi connectivity index (χ0n) is 13.3. The predicted octanol–water partition coefficient (Wildman–Crippen LogP) is 4.36. The Balaban J connectivity index is 1.59. The Morgan fingerprint density at radius 1 is 1.13 bits per heavy atom. The summed E-state index contributed by atoms with van der Waals surface area (Å²) in [5.74, 6) is 0.361. The van der Waals surface area contributed by atoms with Crippen LogP contribution in [0.5, 0.6) is 0 Å². The van der Waals surface area contributed by atoms with E-state index in [1.807, 2.05) is 48.5 Å². The van der Waals surface area contributed by atoms with Gasteiger partial charge in [-0.2, -0.15) is 0 Å². The molecular weight excluding hydrogens is 286 g/mol. The molecule has 2 aromatic carbocycles. The van der Waals surface area contributed by atoms with Crippen LogP contribution in [0.25, 0.3) is 6.08 Å². The number of hydrogen-bond acceptors (Lipinski definition) is 2. The molecule has 1 amide bonds. The summed E-state index contributed by atoms with van der Waals surface area (Å²) < 4.78 is 5.42. The average Bonchev–Trinajstić information content (AvgIpc) is 2.95. The van der Waals surface area contributed by atoms with Gasteiger partial charge < -0.3 is 9.64 Å². The lowest BCUT2D eigenvalue weighted by Crippen LogP contribution is -2.29. The van der Waals surface area contributed by atoms with Crippen molar-refractivity contribution < 1.29 is 9.53 Å². The first-order chi connectivity index (χ1) is 11.2. The van der Waals surface area contributed by atoms with Gasteiger partial charge in [0, 0.05) is 13.1 Å². The highest BCUT2D eigenvalue weighted by molar-refractivity contribution is 5.70. The predicted molar refractivity (Wildman–Crippen MR) is 91.8 cm³/mol. The van der Waals surface area contributed by atoms with E-state index in [-0.39, 0.29) is 6.09 Å². The highest BCUT2D eigenvalue weighted by atomic mass is 16.6. The van der Waals surface area contributed by atoms with Gasteiger partial charge in [-0.25, -0.2) is 4.79 Å². The van der Waals surface area contributed by atoms with Crippen LogP contribution >= 0.6 is 0 Å². The summed E-state index contributed by atoms with van der Waals surface area (Å²) in [5.41, 5.74) is 3.45. The molecule has 0 spiro atoms. The highest BCUT2D eigenvalue weighted by Gasteiger charge is 2.28. The Labute approximate surface area is 137 Å². The van der Waals surface area contributed by atoms with Crippen molar-refractivity contribution in [2.24, 2.45) is 5.92 Å². The molecule has 3 rings (SSSR count). The Hall–Kier alpha value is -2.55. The topological polar surface area (TPSA) is 29.5 Å². The molecule has 3 nitrogen and oxygen atoms in total. The molecular formula is C20H21NO2. The second-order valence-corrected chi connectivity index (χ2v) is 5.95. The van der Waals surface area contributed by atoms with Crippen molar-refractivity contribution >= 4 is 12.2 Å². The smallest absolute Gasteiger partial charge is 0.410 e. The van der Waals surface area contributed by atoms with Crippen molar-refractivity contribution in [3.63, 3.8) is 0 Å². The molecule has 0 saturated carbocycles. The quantitative estimate of drug-likeness (QED) is 0.843. The molecule has 1 heterocycles. The molecule has 1 fully saturated rings. The van der Waals surface area contributed by atoms with E-state index in [9.17, 15) is 4.79 Å². The Bertz CT molecular complexity index is 679. The monoisotopic (exact) mass is 307 g/mol.